The lowest BCUT2D eigenvalue weighted by Crippen LogP contribution is -2.26. The van der Waals surface area contributed by atoms with E-state index in [0.29, 0.717) is 0 Å². The Bertz CT molecular complexity index is 809. The fourth-order valence-electron chi connectivity index (χ4n) is 1.70. The molecule has 8 heteroatoms. The smallest absolute Gasteiger partial charge is 0.243 e. The summed E-state index contributed by atoms with van der Waals surface area (Å²) in [7, 11) is -2.35. The molecule has 0 N–H and O–H groups in total. The van der Waals surface area contributed by atoms with E-state index < -0.39 is 15.8 Å². The third-order valence-corrected chi connectivity index (χ3v) is 5.70. The van der Waals surface area contributed by atoms with Crippen LogP contribution in [0.4, 0.5) is 4.39 Å². The van der Waals surface area contributed by atoms with Crippen molar-refractivity contribution in [2.24, 2.45) is 0 Å². The van der Waals surface area contributed by atoms with Crippen molar-refractivity contribution in [2.75, 3.05) is 7.05 Å². The molecule has 110 valence electrons. The molecule has 0 bridgehead atoms. The van der Waals surface area contributed by atoms with Crippen molar-refractivity contribution in [1.29, 1.82) is 5.26 Å². The molecule has 1 aromatic carbocycles. The summed E-state index contributed by atoms with van der Waals surface area (Å²) >= 11 is 1.37. The minimum Gasteiger partial charge on any atom is -0.250 e. The maximum atomic E-state index is 13.3. The molecule has 0 aliphatic carbocycles. The molecule has 0 aliphatic rings. The second-order valence-electron chi connectivity index (χ2n) is 4.38. The van der Waals surface area contributed by atoms with E-state index in [2.05, 4.69) is 4.98 Å². The van der Waals surface area contributed by atoms with Gasteiger partial charge in [-0.25, -0.2) is 17.8 Å². The van der Waals surface area contributed by atoms with Crippen LogP contribution in [0, 0.1) is 24.1 Å². The molecule has 2 rings (SSSR count). The minimum absolute atomic E-state index is 0.106. The number of thiazole rings is 1. The Hall–Kier alpha value is -1.82. The molecule has 1 heterocycles. The first-order valence-electron chi connectivity index (χ1n) is 5.91. The molecular weight excluding hydrogens is 313 g/mol. The first-order chi connectivity index (χ1) is 9.86. The molecular formula is C13H12FN3O2S2. The topological polar surface area (TPSA) is 74.1 Å². The summed E-state index contributed by atoms with van der Waals surface area (Å²) in [6.45, 7) is 1.98. The van der Waals surface area contributed by atoms with Gasteiger partial charge in [0.05, 0.1) is 21.7 Å². The maximum absolute atomic E-state index is 13.3. The van der Waals surface area contributed by atoms with Crippen molar-refractivity contribution in [3.63, 3.8) is 0 Å². The number of hydrogen-bond donors (Lipinski definition) is 0. The summed E-state index contributed by atoms with van der Waals surface area (Å²) in [5, 5.41) is 8.79. The van der Waals surface area contributed by atoms with Gasteiger partial charge in [-0.1, -0.05) is 0 Å². The van der Waals surface area contributed by atoms with E-state index in [9.17, 15) is 12.8 Å². The van der Waals surface area contributed by atoms with E-state index in [-0.39, 0.29) is 17.0 Å². The summed E-state index contributed by atoms with van der Waals surface area (Å²) in [6.07, 6.45) is 0. The first kappa shape index (κ1) is 15.6. The van der Waals surface area contributed by atoms with Crippen molar-refractivity contribution in [1.82, 2.24) is 9.29 Å². The molecule has 0 spiro atoms. The average Bonchev–Trinajstić information content (AvgIpc) is 2.84. The normalized spacial score (nSPS) is 11.6. The highest BCUT2D eigenvalue weighted by Gasteiger charge is 2.23. The standard InChI is InChI=1S/C13H12FN3O2S2/c1-9-13(20-8-16-9)7-17(2)21(18,19)11-3-4-12(14)10(5-11)6-15/h3-5,8H,7H2,1-2H3. The fourth-order valence-corrected chi connectivity index (χ4v) is 3.77. The number of nitriles is 1. The van der Waals surface area contributed by atoms with Gasteiger partial charge < -0.3 is 0 Å². The minimum atomic E-state index is -3.79. The van der Waals surface area contributed by atoms with E-state index in [4.69, 9.17) is 5.26 Å². The average molecular weight is 325 g/mol. The predicted octanol–water partition coefficient (Wildman–Crippen LogP) is 2.28. The highest BCUT2D eigenvalue weighted by molar-refractivity contribution is 7.89. The van der Waals surface area contributed by atoms with Gasteiger partial charge in [0.15, 0.2) is 0 Å². The van der Waals surface area contributed by atoms with Crippen molar-refractivity contribution < 1.29 is 12.8 Å². The van der Waals surface area contributed by atoms with Crippen LogP contribution in [0.1, 0.15) is 16.1 Å². The van der Waals surface area contributed by atoms with Crippen LogP contribution in [0.2, 0.25) is 0 Å². The monoisotopic (exact) mass is 325 g/mol. The van der Waals surface area contributed by atoms with Gasteiger partial charge in [0.1, 0.15) is 11.9 Å². The number of hydrogen-bond acceptors (Lipinski definition) is 5. The summed E-state index contributed by atoms with van der Waals surface area (Å²) in [5.41, 5.74) is 2.13. The zero-order valence-electron chi connectivity index (χ0n) is 11.4. The third kappa shape index (κ3) is 3.10. The Morgan fingerprint density at radius 2 is 2.19 bits per heavy atom. The molecule has 0 radical (unpaired) electrons. The molecule has 5 nitrogen and oxygen atoms in total. The van der Waals surface area contributed by atoms with Crippen LogP contribution in [0.15, 0.2) is 28.6 Å². The van der Waals surface area contributed by atoms with E-state index in [1.807, 2.05) is 0 Å². The molecule has 0 amide bonds. The van der Waals surface area contributed by atoms with E-state index in [0.717, 1.165) is 33.1 Å². The number of halogens is 1. The molecule has 0 saturated heterocycles. The molecule has 0 saturated carbocycles. The quantitative estimate of drug-likeness (QED) is 0.864. The molecule has 1 aromatic heterocycles. The Labute approximate surface area is 126 Å². The molecule has 2 aromatic rings. The predicted molar refractivity (Wildman–Crippen MR) is 76.6 cm³/mol. The van der Waals surface area contributed by atoms with Gasteiger partial charge in [-0.2, -0.15) is 9.57 Å². The first-order valence-corrected chi connectivity index (χ1v) is 8.23. The fraction of sp³-hybridized carbons (Fsp3) is 0.231. The highest BCUT2D eigenvalue weighted by atomic mass is 32.2. The largest absolute Gasteiger partial charge is 0.250 e. The van der Waals surface area contributed by atoms with Crippen molar-refractivity contribution in [2.45, 2.75) is 18.4 Å². The second kappa shape index (κ2) is 5.89. The number of rotatable bonds is 4. The summed E-state index contributed by atoms with van der Waals surface area (Å²) in [6, 6.07) is 4.82. The number of sulfonamides is 1. The van der Waals surface area contributed by atoms with Crippen LogP contribution in [-0.4, -0.2) is 24.8 Å². The zero-order chi connectivity index (χ0) is 15.6. The van der Waals surface area contributed by atoms with E-state index in [1.54, 1.807) is 18.5 Å². The van der Waals surface area contributed by atoms with Gasteiger partial charge in [0.25, 0.3) is 0 Å². The SMILES string of the molecule is Cc1ncsc1CN(C)S(=O)(=O)c1ccc(F)c(C#N)c1. The van der Waals surface area contributed by atoms with Gasteiger partial charge in [-0.3, -0.25) is 0 Å². The summed E-state index contributed by atoms with van der Waals surface area (Å²) in [5.74, 6) is -0.739. The summed E-state index contributed by atoms with van der Waals surface area (Å²) < 4.78 is 39.3. The Morgan fingerprint density at radius 3 is 2.76 bits per heavy atom. The van der Waals surface area contributed by atoms with Crippen LogP contribution in [-0.2, 0) is 16.6 Å². The lowest BCUT2D eigenvalue weighted by molar-refractivity contribution is 0.468. The number of aromatic nitrogens is 1. The highest BCUT2D eigenvalue weighted by Crippen LogP contribution is 2.21. The molecule has 0 fully saturated rings. The van der Waals surface area contributed by atoms with Crippen molar-refractivity contribution in [3.8, 4) is 6.07 Å². The Morgan fingerprint density at radius 1 is 1.48 bits per heavy atom. The van der Waals surface area contributed by atoms with Crippen LogP contribution in [0.25, 0.3) is 0 Å². The maximum Gasteiger partial charge on any atom is 0.243 e. The van der Waals surface area contributed by atoms with Crippen LogP contribution in [0.3, 0.4) is 0 Å². The van der Waals surface area contributed by atoms with Gasteiger partial charge in [0.2, 0.25) is 10.0 Å². The molecule has 0 unspecified atom stereocenters. The van der Waals surface area contributed by atoms with Crippen molar-refractivity contribution in [3.05, 3.63) is 45.7 Å². The van der Waals surface area contributed by atoms with Gasteiger partial charge in [0, 0.05) is 18.5 Å². The third-order valence-electron chi connectivity index (χ3n) is 2.98. The van der Waals surface area contributed by atoms with Crippen molar-refractivity contribution >= 4 is 21.4 Å². The summed E-state index contributed by atoms with van der Waals surface area (Å²) in [4.78, 5) is 4.80. The lowest BCUT2D eigenvalue weighted by atomic mass is 10.2. The molecule has 0 atom stereocenters. The van der Waals surface area contributed by atoms with E-state index >= 15 is 0 Å². The van der Waals surface area contributed by atoms with Gasteiger partial charge >= 0.3 is 0 Å². The van der Waals surface area contributed by atoms with Gasteiger partial charge in [-0.15, -0.1) is 11.3 Å². The van der Waals surface area contributed by atoms with E-state index in [1.165, 1.54) is 18.4 Å². The molecule has 0 aliphatic heterocycles. The number of aryl methyl sites for hydroxylation is 1. The van der Waals surface area contributed by atoms with Crippen LogP contribution < -0.4 is 0 Å². The number of nitrogens with zero attached hydrogens (tertiary/aromatic N) is 3. The molecule has 21 heavy (non-hydrogen) atoms. The number of benzene rings is 1. The second-order valence-corrected chi connectivity index (χ2v) is 7.36. The van der Waals surface area contributed by atoms with Crippen LogP contribution >= 0.6 is 11.3 Å². The zero-order valence-corrected chi connectivity index (χ0v) is 13.0. The Balaban J connectivity index is 2.34. The Kier molecular flexibility index (Phi) is 4.37. The lowest BCUT2D eigenvalue weighted by Gasteiger charge is -2.16. The van der Waals surface area contributed by atoms with Crippen LogP contribution in [0.5, 0.6) is 0 Å². The van der Waals surface area contributed by atoms with Gasteiger partial charge in [-0.05, 0) is 25.1 Å².